The van der Waals surface area contributed by atoms with Crippen molar-refractivity contribution in [2.45, 2.75) is 12.5 Å². The summed E-state index contributed by atoms with van der Waals surface area (Å²) >= 11 is 0. The molecule has 0 aliphatic carbocycles. The number of esters is 1. The summed E-state index contributed by atoms with van der Waals surface area (Å²) in [6.07, 6.45) is 2.65. The molecule has 1 N–H and O–H groups in total. The molecule has 1 aliphatic rings. The zero-order valence-corrected chi connectivity index (χ0v) is 12.0. The summed E-state index contributed by atoms with van der Waals surface area (Å²) in [5, 5.41) is 6.84. The number of benzene rings is 1. The third-order valence-corrected chi connectivity index (χ3v) is 3.73. The molecule has 114 valence electrons. The number of nitrogens with zero attached hydrogens (tertiary/aromatic N) is 3. The predicted octanol–water partition coefficient (Wildman–Crippen LogP) is 1.45. The number of hydrogen-bond donors (Lipinski definition) is 1. The molecule has 0 spiro atoms. The largest absolute Gasteiger partial charge is 0.448 e. The first-order chi connectivity index (χ1) is 11.2. The van der Waals surface area contributed by atoms with Gasteiger partial charge in [0.2, 0.25) is 0 Å². The van der Waals surface area contributed by atoms with Gasteiger partial charge < -0.3 is 10.1 Å². The number of anilines is 1. The number of ether oxygens (including phenoxy) is 1. The SMILES string of the molecule is O=C1OC(C(=O)Nc2ccnc3ccnn23)Cc2ccccc21. The van der Waals surface area contributed by atoms with Crippen LogP contribution in [0.3, 0.4) is 0 Å². The highest BCUT2D eigenvalue weighted by Gasteiger charge is 2.31. The van der Waals surface area contributed by atoms with Crippen LogP contribution in [0.2, 0.25) is 0 Å². The fourth-order valence-corrected chi connectivity index (χ4v) is 2.61. The molecule has 2 aromatic heterocycles. The van der Waals surface area contributed by atoms with E-state index in [9.17, 15) is 9.59 Å². The first kappa shape index (κ1) is 13.4. The van der Waals surface area contributed by atoms with E-state index in [2.05, 4.69) is 15.4 Å². The number of aromatic nitrogens is 3. The van der Waals surface area contributed by atoms with Crippen molar-refractivity contribution >= 4 is 23.3 Å². The Morgan fingerprint density at radius 1 is 1.22 bits per heavy atom. The molecule has 1 aliphatic heterocycles. The molecule has 1 unspecified atom stereocenters. The van der Waals surface area contributed by atoms with Gasteiger partial charge in [-0.3, -0.25) is 4.79 Å². The van der Waals surface area contributed by atoms with Crippen molar-refractivity contribution in [1.29, 1.82) is 0 Å². The smallest absolute Gasteiger partial charge is 0.339 e. The molecule has 1 aromatic carbocycles. The Morgan fingerprint density at radius 3 is 3.00 bits per heavy atom. The van der Waals surface area contributed by atoms with Crippen LogP contribution in [0.15, 0.2) is 48.8 Å². The monoisotopic (exact) mass is 308 g/mol. The Balaban J connectivity index is 1.59. The lowest BCUT2D eigenvalue weighted by Crippen LogP contribution is -2.38. The lowest BCUT2D eigenvalue weighted by molar-refractivity contribution is -0.125. The summed E-state index contributed by atoms with van der Waals surface area (Å²) in [6, 6.07) is 10.5. The third kappa shape index (κ3) is 2.32. The zero-order chi connectivity index (χ0) is 15.8. The number of nitrogens with one attached hydrogen (secondary N) is 1. The molecular weight excluding hydrogens is 296 g/mol. The lowest BCUT2D eigenvalue weighted by atomic mass is 9.98. The maximum Gasteiger partial charge on any atom is 0.339 e. The second kappa shape index (κ2) is 5.20. The van der Waals surface area contributed by atoms with Crippen LogP contribution < -0.4 is 5.32 Å². The maximum atomic E-state index is 12.4. The van der Waals surface area contributed by atoms with Gasteiger partial charge in [0, 0.05) is 18.7 Å². The van der Waals surface area contributed by atoms with Crippen LogP contribution >= 0.6 is 0 Å². The van der Waals surface area contributed by atoms with Crippen molar-refractivity contribution in [3.63, 3.8) is 0 Å². The number of fused-ring (bicyclic) bond motifs is 2. The highest BCUT2D eigenvalue weighted by molar-refractivity contribution is 5.99. The average Bonchev–Trinajstić information content (AvgIpc) is 3.04. The molecular formula is C16H12N4O3. The van der Waals surface area contributed by atoms with E-state index in [1.54, 1.807) is 36.7 Å². The van der Waals surface area contributed by atoms with Gasteiger partial charge in [0.05, 0.1) is 11.8 Å². The highest BCUT2D eigenvalue weighted by atomic mass is 16.5. The van der Waals surface area contributed by atoms with Gasteiger partial charge in [-0.2, -0.15) is 9.61 Å². The molecule has 0 bridgehead atoms. The molecule has 0 radical (unpaired) electrons. The van der Waals surface area contributed by atoms with Crippen LogP contribution in [0, 0.1) is 0 Å². The maximum absolute atomic E-state index is 12.4. The normalized spacial score (nSPS) is 16.7. The van der Waals surface area contributed by atoms with Gasteiger partial charge in [-0.05, 0) is 17.7 Å². The number of rotatable bonds is 2. The van der Waals surface area contributed by atoms with Crippen molar-refractivity contribution < 1.29 is 14.3 Å². The fourth-order valence-electron chi connectivity index (χ4n) is 2.61. The number of amides is 1. The summed E-state index contributed by atoms with van der Waals surface area (Å²) in [6.45, 7) is 0. The molecule has 3 heterocycles. The van der Waals surface area contributed by atoms with E-state index < -0.39 is 18.0 Å². The number of hydrogen-bond acceptors (Lipinski definition) is 5. The van der Waals surface area contributed by atoms with Crippen LogP contribution in [0.4, 0.5) is 5.82 Å². The number of carbonyl (C=O) groups excluding carboxylic acids is 2. The Bertz CT molecular complexity index is 918. The van der Waals surface area contributed by atoms with E-state index in [4.69, 9.17) is 4.74 Å². The topological polar surface area (TPSA) is 85.6 Å². The molecule has 0 saturated carbocycles. The number of cyclic esters (lactones) is 1. The van der Waals surface area contributed by atoms with Crippen molar-refractivity contribution in [2.24, 2.45) is 0 Å². The second-order valence-electron chi connectivity index (χ2n) is 5.18. The van der Waals surface area contributed by atoms with Crippen LogP contribution in [0.25, 0.3) is 5.65 Å². The first-order valence-electron chi connectivity index (χ1n) is 7.11. The molecule has 7 nitrogen and oxygen atoms in total. The van der Waals surface area contributed by atoms with Crippen LogP contribution in [-0.2, 0) is 16.0 Å². The minimum Gasteiger partial charge on any atom is -0.448 e. The second-order valence-corrected chi connectivity index (χ2v) is 5.18. The van der Waals surface area contributed by atoms with E-state index in [-0.39, 0.29) is 0 Å². The van der Waals surface area contributed by atoms with Gasteiger partial charge in [-0.25, -0.2) is 9.78 Å². The highest BCUT2D eigenvalue weighted by Crippen LogP contribution is 2.21. The van der Waals surface area contributed by atoms with Crippen molar-refractivity contribution in [3.05, 3.63) is 59.9 Å². The fraction of sp³-hybridized carbons (Fsp3) is 0.125. The summed E-state index contributed by atoms with van der Waals surface area (Å²) < 4.78 is 6.75. The minimum absolute atomic E-state index is 0.348. The summed E-state index contributed by atoms with van der Waals surface area (Å²) in [4.78, 5) is 28.6. The van der Waals surface area contributed by atoms with Gasteiger partial charge in [0.15, 0.2) is 11.8 Å². The summed E-state index contributed by atoms with van der Waals surface area (Å²) in [5.41, 5.74) is 1.94. The predicted molar refractivity (Wildman–Crippen MR) is 81.0 cm³/mol. The van der Waals surface area contributed by atoms with Gasteiger partial charge in [0.1, 0.15) is 5.82 Å². The average molecular weight is 308 g/mol. The van der Waals surface area contributed by atoms with Gasteiger partial charge in [-0.1, -0.05) is 18.2 Å². The number of carbonyl (C=O) groups is 2. The Hall–Kier alpha value is -3.22. The molecule has 0 fully saturated rings. The molecule has 1 atom stereocenters. The Kier molecular flexibility index (Phi) is 3.04. The van der Waals surface area contributed by atoms with Gasteiger partial charge in [-0.15, -0.1) is 0 Å². The van der Waals surface area contributed by atoms with Crippen LogP contribution in [0.1, 0.15) is 15.9 Å². The van der Waals surface area contributed by atoms with Gasteiger partial charge in [0.25, 0.3) is 5.91 Å². The first-order valence-corrected chi connectivity index (χ1v) is 7.11. The zero-order valence-electron chi connectivity index (χ0n) is 12.0. The van der Waals surface area contributed by atoms with Crippen LogP contribution in [-0.4, -0.2) is 32.6 Å². The minimum atomic E-state index is -0.865. The standard InChI is InChI=1S/C16H12N4O3/c21-15(19-14-5-7-17-13-6-8-18-20(13)14)12-9-10-3-1-2-4-11(10)16(22)23-12/h1-8,12H,9H2,(H,19,21). The van der Waals surface area contributed by atoms with E-state index in [1.165, 1.54) is 4.52 Å². The third-order valence-electron chi connectivity index (χ3n) is 3.73. The molecule has 7 heteroatoms. The Morgan fingerprint density at radius 2 is 2.09 bits per heavy atom. The molecule has 3 aromatic rings. The van der Waals surface area contributed by atoms with Crippen LogP contribution in [0.5, 0.6) is 0 Å². The Labute approximate surface area is 130 Å². The van der Waals surface area contributed by atoms with Crippen molar-refractivity contribution in [2.75, 3.05) is 5.32 Å². The van der Waals surface area contributed by atoms with E-state index in [0.717, 1.165) is 5.56 Å². The van der Waals surface area contributed by atoms with Crippen molar-refractivity contribution in [3.8, 4) is 0 Å². The van der Waals surface area contributed by atoms with E-state index in [0.29, 0.717) is 23.4 Å². The van der Waals surface area contributed by atoms with E-state index in [1.807, 2.05) is 12.1 Å². The molecule has 4 rings (SSSR count). The van der Waals surface area contributed by atoms with Crippen molar-refractivity contribution in [1.82, 2.24) is 14.6 Å². The summed E-state index contributed by atoms with van der Waals surface area (Å²) in [7, 11) is 0. The van der Waals surface area contributed by atoms with Gasteiger partial charge >= 0.3 is 5.97 Å². The summed E-state index contributed by atoms with van der Waals surface area (Å²) in [5.74, 6) is -0.401. The molecule has 23 heavy (non-hydrogen) atoms. The quantitative estimate of drug-likeness (QED) is 0.724. The lowest BCUT2D eigenvalue weighted by Gasteiger charge is -2.23. The molecule has 0 saturated heterocycles. The molecule has 1 amide bonds. The van der Waals surface area contributed by atoms with E-state index >= 15 is 0 Å².